The molecule has 184 valence electrons. The number of benzene rings is 1. The molecule has 0 spiro atoms. The third kappa shape index (κ3) is 7.96. The Morgan fingerprint density at radius 1 is 1.06 bits per heavy atom. The quantitative estimate of drug-likeness (QED) is 0.299. The summed E-state index contributed by atoms with van der Waals surface area (Å²) in [5, 5.41) is 7.88. The molecule has 6 nitrogen and oxygen atoms in total. The van der Waals surface area contributed by atoms with Crippen molar-refractivity contribution in [3.63, 3.8) is 0 Å². The van der Waals surface area contributed by atoms with E-state index in [1.54, 1.807) is 22.9 Å². The van der Waals surface area contributed by atoms with Gasteiger partial charge in [0, 0.05) is 22.6 Å². The van der Waals surface area contributed by atoms with Crippen LogP contribution in [0.1, 0.15) is 47.2 Å². The number of amides is 1. The molecule has 0 saturated heterocycles. The summed E-state index contributed by atoms with van der Waals surface area (Å²) in [7, 11) is -2.10. The van der Waals surface area contributed by atoms with Gasteiger partial charge in [-0.2, -0.15) is 5.10 Å². The summed E-state index contributed by atoms with van der Waals surface area (Å²) in [6.45, 7) is 16.5. The van der Waals surface area contributed by atoms with Crippen LogP contribution in [0.3, 0.4) is 0 Å². The highest BCUT2D eigenvalue weighted by Gasteiger charge is 2.39. The average Bonchev–Trinajstić information content (AvgIpc) is 3.01. The number of anilines is 1. The summed E-state index contributed by atoms with van der Waals surface area (Å²) in [6, 6.07) is 7.15. The van der Waals surface area contributed by atoms with E-state index in [-0.39, 0.29) is 10.5 Å². The van der Waals surface area contributed by atoms with Crippen LogP contribution in [-0.2, 0) is 10.2 Å². The lowest BCUT2D eigenvalue weighted by atomic mass is 9.92. The first kappa shape index (κ1) is 28.1. The maximum absolute atomic E-state index is 12.3. The van der Waals surface area contributed by atoms with Gasteiger partial charge in [0.25, 0.3) is 0 Å². The number of halogens is 4. The molecule has 1 aromatic heterocycles. The molecule has 0 saturated carbocycles. The molecule has 0 atom stereocenters. The van der Waals surface area contributed by atoms with Gasteiger partial charge in [-0.25, -0.2) is 9.48 Å². The Hall–Kier alpha value is -1.12. The van der Waals surface area contributed by atoms with Crippen molar-refractivity contribution in [3.05, 3.63) is 35.0 Å². The molecule has 11 heteroatoms. The van der Waals surface area contributed by atoms with Crippen molar-refractivity contribution >= 4 is 66.6 Å². The van der Waals surface area contributed by atoms with Crippen molar-refractivity contribution in [2.24, 2.45) is 0 Å². The van der Waals surface area contributed by atoms with Crippen molar-refractivity contribution < 1.29 is 14.0 Å². The molecule has 0 aliphatic heterocycles. The van der Waals surface area contributed by atoms with E-state index >= 15 is 0 Å². The van der Waals surface area contributed by atoms with Crippen LogP contribution in [0, 0.1) is 0 Å². The zero-order valence-corrected chi connectivity index (χ0v) is 24.2. The van der Waals surface area contributed by atoms with Gasteiger partial charge in [0.1, 0.15) is 18.2 Å². The Kier molecular flexibility index (Phi) is 8.40. The minimum absolute atomic E-state index is 0.0134. The Labute approximate surface area is 216 Å². The largest absolute Gasteiger partial charge is 0.543 e. The van der Waals surface area contributed by atoms with Crippen LogP contribution < -0.4 is 9.74 Å². The topological polar surface area (TPSA) is 65.4 Å². The summed E-state index contributed by atoms with van der Waals surface area (Å²) >= 11 is 23.5. The van der Waals surface area contributed by atoms with E-state index in [1.807, 2.05) is 26.8 Å². The SMILES string of the molecule is CC(C)(C)c1cc(NC(=O)OCC(Cl)(Cl)Cl)n(-c2cc(Cl)cc(O[Si](C)(C)C(C)(C)C)c2)n1. The monoisotopic (exact) mass is 553 g/mol. The Bertz CT molecular complexity index is 1010. The fourth-order valence-corrected chi connectivity index (χ4v) is 3.89. The predicted octanol–water partition coefficient (Wildman–Crippen LogP) is 8.13. The van der Waals surface area contributed by atoms with Crippen LogP contribution in [0.15, 0.2) is 24.3 Å². The first-order chi connectivity index (χ1) is 14.8. The standard InChI is InChI=1S/C22H31Cl4N3O3Si/c1-20(2,3)17-12-18(27-19(30)31-13-22(24,25)26)29(28-17)15-9-14(23)10-16(11-15)32-33(7,8)21(4,5)6/h9-12H,13H2,1-8H3,(H,27,30). The van der Waals surface area contributed by atoms with E-state index in [0.717, 1.165) is 5.69 Å². The summed E-state index contributed by atoms with van der Waals surface area (Å²) in [5.41, 5.74) is 1.11. The van der Waals surface area contributed by atoms with Gasteiger partial charge in [-0.3, -0.25) is 5.32 Å². The van der Waals surface area contributed by atoms with Crippen LogP contribution in [-0.4, -0.2) is 34.6 Å². The Morgan fingerprint density at radius 3 is 2.18 bits per heavy atom. The average molecular weight is 555 g/mol. The van der Waals surface area contributed by atoms with E-state index < -0.39 is 24.8 Å². The number of nitrogens with zero attached hydrogens (tertiary/aromatic N) is 2. The highest BCUT2D eigenvalue weighted by Crippen LogP contribution is 2.38. The number of ether oxygens (including phenoxy) is 1. The number of hydrogen-bond donors (Lipinski definition) is 1. The van der Waals surface area contributed by atoms with E-state index in [0.29, 0.717) is 22.3 Å². The summed E-state index contributed by atoms with van der Waals surface area (Å²) in [4.78, 5) is 12.3. The molecular formula is C22H31Cl4N3O3Si. The number of carbonyl (C=O) groups is 1. The lowest BCUT2D eigenvalue weighted by Crippen LogP contribution is -2.43. The first-order valence-electron chi connectivity index (χ1n) is 10.4. The highest BCUT2D eigenvalue weighted by molar-refractivity contribution is 6.74. The molecular weight excluding hydrogens is 524 g/mol. The molecule has 0 aliphatic carbocycles. The van der Waals surface area contributed by atoms with Crippen molar-refractivity contribution in [2.45, 2.75) is 68.9 Å². The maximum atomic E-state index is 12.3. The lowest BCUT2D eigenvalue weighted by Gasteiger charge is -2.36. The van der Waals surface area contributed by atoms with Gasteiger partial charge in [-0.1, -0.05) is 87.9 Å². The third-order valence-corrected chi connectivity index (χ3v) is 10.3. The van der Waals surface area contributed by atoms with Crippen molar-refractivity contribution in [2.75, 3.05) is 11.9 Å². The second kappa shape index (κ2) is 9.86. The van der Waals surface area contributed by atoms with Gasteiger partial charge in [0.05, 0.1) is 11.4 Å². The number of alkyl halides is 3. The fourth-order valence-electron chi connectivity index (χ4n) is 2.50. The second-order valence-electron chi connectivity index (χ2n) is 10.4. The van der Waals surface area contributed by atoms with Gasteiger partial charge in [0.15, 0.2) is 0 Å². The van der Waals surface area contributed by atoms with Gasteiger partial charge in [0.2, 0.25) is 12.1 Å². The fraction of sp³-hybridized carbons (Fsp3) is 0.545. The minimum atomic E-state index is -2.10. The van der Waals surface area contributed by atoms with E-state index in [1.165, 1.54) is 0 Å². The predicted molar refractivity (Wildman–Crippen MR) is 140 cm³/mol. The zero-order valence-electron chi connectivity index (χ0n) is 20.1. The number of hydrogen-bond acceptors (Lipinski definition) is 4. The summed E-state index contributed by atoms with van der Waals surface area (Å²) in [6.07, 6.45) is -0.775. The zero-order chi connectivity index (χ0) is 25.4. The first-order valence-corrected chi connectivity index (χ1v) is 14.8. The molecule has 0 unspecified atom stereocenters. The third-order valence-electron chi connectivity index (χ3n) is 5.35. The van der Waals surface area contributed by atoms with Gasteiger partial charge >= 0.3 is 6.09 Å². The Balaban J connectivity index is 2.47. The Morgan fingerprint density at radius 2 is 1.67 bits per heavy atom. The second-order valence-corrected chi connectivity index (χ2v) is 18.1. The van der Waals surface area contributed by atoms with E-state index in [4.69, 9.17) is 60.7 Å². The number of nitrogens with one attached hydrogen (secondary N) is 1. The highest BCUT2D eigenvalue weighted by atomic mass is 35.6. The van der Waals surface area contributed by atoms with E-state index in [9.17, 15) is 4.79 Å². The number of carbonyl (C=O) groups excluding carboxylic acids is 1. The smallest absolute Gasteiger partial charge is 0.412 e. The van der Waals surface area contributed by atoms with Crippen LogP contribution in [0.2, 0.25) is 23.2 Å². The van der Waals surface area contributed by atoms with Crippen LogP contribution in [0.25, 0.3) is 5.69 Å². The molecule has 1 heterocycles. The summed E-state index contributed by atoms with van der Waals surface area (Å²) in [5.74, 6) is 1.02. The molecule has 1 N–H and O–H groups in total. The molecule has 0 fully saturated rings. The molecule has 0 bridgehead atoms. The maximum Gasteiger partial charge on any atom is 0.412 e. The van der Waals surface area contributed by atoms with Crippen LogP contribution >= 0.6 is 46.4 Å². The van der Waals surface area contributed by atoms with Crippen molar-refractivity contribution in [3.8, 4) is 11.4 Å². The van der Waals surface area contributed by atoms with Gasteiger partial charge < -0.3 is 9.16 Å². The molecule has 1 aromatic carbocycles. The van der Waals surface area contributed by atoms with Crippen molar-refractivity contribution in [1.82, 2.24) is 9.78 Å². The molecule has 33 heavy (non-hydrogen) atoms. The molecule has 0 radical (unpaired) electrons. The van der Waals surface area contributed by atoms with Crippen LogP contribution in [0.5, 0.6) is 5.75 Å². The van der Waals surface area contributed by atoms with Gasteiger partial charge in [-0.05, 0) is 30.3 Å². The number of aromatic nitrogens is 2. The molecule has 0 aliphatic rings. The summed E-state index contributed by atoms with van der Waals surface area (Å²) < 4.78 is 11.3. The molecule has 1 amide bonds. The van der Waals surface area contributed by atoms with E-state index in [2.05, 4.69) is 39.2 Å². The molecule has 2 aromatic rings. The minimum Gasteiger partial charge on any atom is -0.543 e. The number of rotatable bonds is 5. The lowest BCUT2D eigenvalue weighted by molar-refractivity contribution is 0.163. The van der Waals surface area contributed by atoms with Crippen LogP contribution in [0.4, 0.5) is 10.6 Å². The molecule has 2 rings (SSSR count). The van der Waals surface area contributed by atoms with Crippen molar-refractivity contribution in [1.29, 1.82) is 0 Å². The van der Waals surface area contributed by atoms with Gasteiger partial charge in [-0.15, -0.1) is 0 Å². The normalized spacial score (nSPS) is 13.1.